The summed E-state index contributed by atoms with van der Waals surface area (Å²) in [5.74, 6) is 1.76. The van der Waals surface area contributed by atoms with E-state index in [0.29, 0.717) is 33.6 Å². The Morgan fingerprint density at radius 2 is 1.84 bits per heavy atom. The summed E-state index contributed by atoms with van der Waals surface area (Å²) in [7, 11) is 5.08. The second-order valence-electron chi connectivity index (χ2n) is 7.37. The monoisotopic (exact) mass is 464 g/mol. The topological polar surface area (TPSA) is 68.6 Å². The molecule has 31 heavy (non-hydrogen) atoms. The van der Waals surface area contributed by atoms with Gasteiger partial charge in [0.1, 0.15) is 17.3 Å². The third kappa shape index (κ3) is 4.38. The fraction of sp³-hybridized carbons (Fsp3) is 0.364. The third-order valence-electron chi connectivity index (χ3n) is 5.51. The number of piperidine rings is 1. The van der Waals surface area contributed by atoms with Gasteiger partial charge in [-0.25, -0.2) is 4.98 Å². The number of carbonyl (C=O) groups excluding carboxylic acids is 1. The number of likely N-dealkylation sites (tertiary alicyclic amines) is 1. The highest BCUT2D eigenvalue weighted by atomic mass is 35.5. The number of hydrogen-bond acceptors (Lipinski definition) is 5. The normalized spacial score (nSPS) is 13.6. The van der Waals surface area contributed by atoms with Crippen molar-refractivity contribution in [3.8, 4) is 11.5 Å². The van der Waals surface area contributed by atoms with Crippen molar-refractivity contribution < 1.29 is 14.3 Å². The number of amides is 1. The van der Waals surface area contributed by atoms with Crippen molar-refractivity contribution in [2.45, 2.75) is 19.3 Å². The number of nitrogens with one attached hydrogen (secondary N) is 1. The average Bonchev–Trinajstić information content (AvgIpc) is 3.17. The molecule has 1 amide bonds. The smallest absolute Gasteiger partial charge is 0.257 e. The second kappa shape index (κ2) is 9.66. The number of rotatable bonds is 5. The third-order valence-corrected chi connectivity index (χ3v) is 5.80. The van der Waals surface area contributed by atoms with Crippen LogP contribution in [0.4, 0.5) is 11.5 Å². The van der Waals surface area contributed by atoms with E-state index in [2.05, 4.69) is 10.3 Å². The fourth-order valence-electron chi connectivity index (χ4n) is 3.92. The quantitative estimate of drug-likeness (QED) is 0.572. The number of pyridine rings is 1. The molecule has 1 aliphatic rings. The number of halogens is 2. The summed E-state index contributed by atoms with van der Waals surface area (Å²) in [5.41, 5.74) is 2.14. The zero-order chi connectivity index (χ0) is 21.3. The molecule has 3 heterocycles. The lowest BCUT2D eigenvalue weighted by molar-refractivity contribution is 0.0725. The number of aryl methyl sites for hydroxylation is 1. The van der Waals surface area contributed by atoms with Crippen LogP contribution in [0, 0.1) is 0 Å². The first-order chi connectivity index (χ1) is 14.5. The first-order valence-electron chi connectivity index (χ1n) is 9.95. The molecule has 7 nitrogen and oxygen atoms in total. The fourth-order valence-corrected chi connectivity index (χ4v) is 4.16. The summed E-state index contributed by atoms with van der Waals surface area (Å²) in [6.07, 6.45) is 6.86. The van der Waals surface area contributed by atoms with E-state index in [1.54, 1.807) is 32.5 Å². The van der Waals surface area contributed by atoms with Crippen LogP contribution in [0.1, 0.15) is 29.6 Å². The first kappa shape index (κ1) is 23.0. The Balaban J connectivity index is 0.00000272. The lowest BCUT2D eigenvalue weighted by Crippen LogP contribution is -2.35. The van der Waals surface area contributed by atoms with Gasteiger partial charge in [0.25, 0.3) is 5.91 Å². The van der Waals surface area contributed by atoms with Crippen LogP contribution < -0.4 is 14.8 Å². The molecule has 2 aromatic heterocycles. The van der Waals surface area contributed by atoms with Gasteiger partial charge >= 0.3 is 0 Å². The number of aromatic nitrogens is 2. The SMILES string of the molecule is COc1cc(Nc2ncc(C(=O)N3CCCCC3)c3c2ccn3C)c(OC)cc1Cl.Cl. The minimum Gasteiger partial charge on any atom is -0.495 e. The van der Waals surface area contributed by atoms with Crippen molar-refractivity contribution >= 4 is 52.3 Å². The molecule has 166 valence electrons. The summed E-state index contributed by atoms with van der Waals surface area (Å²) in [4.78, 5) is 19.7. The molecule has 0 bridgehead atoms. The molecule has 0 atom stereocenters. The summed E-state index contributed by atoms with van der Waals surface area (Å²) < 4.78 is 12.7. The van der Waals surface area contributed by atoms with Crippen LogP contribution >= 0.6 is 24.0 Å². The first-order valence-corrected chi connectivity index (χ1v) is 10.3. The summed E-state index contributed by atoms with van der Waals surface area (Å²) in [5, 5.41) is 4.63. The van der Waals surface area contributed by atoms with Gasteiger partial charge in [0.15, 0.2) is 0 Å². The summed E-state index contributed by atoms with van der Waals surface area (Å²) in [6.45, 7) is 1.60. The molecular formula is C22H26Cl2N4O3. The molecule has 0 aliphatic carbocycles. The van der Waals surface area contributed by atoms with Crippen molar-refractivity contribution in [1.82, 2.24) is 14.5 Å². The number of fused-ring (bicyclic) bond motifs is 1. The molecular weight excluding hydrogens is 439 g/mol. The van der Waals surface area contributed by atoms with Gasteiger partial charge in [-0.1, -0.05) is 11.6 Å². The van der Waals surface area contributed by atoms with Gasteiger partial charge in [-0.2, -0.15) is 0 Å². The Labute approximate surface area is 192 Å². The molecule has 1 N–H and O–H groups in total. The van der Waals surface area contributed by atoms with E-state index in [4.69, 9.17) is 21.1 Å². The number of anilines is 2. The lowest BCUT2D eigenvalue weighted by Gasteiger charge is -2.27. The van der Waals surface area contributed by atoms with Crippen LogP contribution in [-0.2, 0) is 7.05 Å². The van der Waals surface area contributed by atoms with Gasteiger partial charge in [-0.05, 0) is 25.3 Å². The maximum atomic E-state index is 13.2. The molecule has 1 aromatic carbocycles. The van der Waals surface area contributed by atoms with E-state index in [9.17, 15) is 4.79 Å². The van der Waals surface area contributed by atoms with Crippen molar-refractivity contribution in [2.24, 2.45) is 7.05 Å². The Morgan fingerprint density at radius 1 is 1.13 bits per heavy atom. The minimum absolute atomic E-state index is 0. The van der Waals surface area contributed by atoms with Gasteiger partial charge in [-0.3, -0.25) is 4.79 Å². The summed E-state index contributed by atoms with van der Waals surface area (Å²) in [6, 6.07) is 5.42. The highest BCUT2D eigenvalue weighted by Gasteiger charge is 2.23. The van der Waals surface area contributed by atoms with Crippen LogP contribution in [0.25, 0.3) is 10.9 Å². The maximum absolute atomic E-state index is 13.2. The van der Waals surface area contributed by atoms with Gasteiger partial charge in [0, 0.05) is 50.0 Å². The summed E-state index contributed by atoms with van der Waals surface area (Å²) >= 11 is 6.22. The largest absolute Gasteiger partial charge is 0.495 e. The molecule has 3 aromatic rings. The van der Waals surface area contributed by atoms with E-state index in [1.807, 2.05) is 28.8 Å². The van der Waals surface area contributed by atoms with Crippen molar-refractivity contribution in [3.63, 3.8) is 0 Å². The number of hydrogen-bond donors (Lipinski definition) is 1. The zero-order valence-corrected chi connectivity index (χ0v) is 19.3. The Hall–Kier alpha value is -2.64. The molecule has 0 radical (unpaired) electrons. The molecule has 1 saturated heterocycles. The number of methoxy groups -OCH3 is 2. The molecule has 9 heteroatoms. The van der Waals surface area contributed by atoms with Crippen molar-refractivity contribution in [2.75, 3.05) is 32.6 Å². The van der Waals surface area contributed by atoms with Crippen LogP contribution in [-0.4, -0.2) is 47.7 Å². The minimum atomic E-state index is 0. The van der Waals surface area contributed by atoms with Crippen molar-refractivity contribution in [3.05, 3.63) is 41.2 Å². The van der Waals surface area contributed by atoms with E-state index in [-0.39, 0.29) is 18.3 Å². The van der Waals surface area contributed by atoms with Crippen LogP contribution in [0.3, 0.4) is 0 Å². The van der Waals surface area contributed by atoms with Crippen LogP contribution in [0.2, 0.25) is 5.02 Å². The van der Waals surface area contributed by atoms with E-state index >= 15 is 0 Å². The molecule has 0 unspecified atom stereocenters. The van der Waals surface area contributed by atoms with E-state index < -0.39 is 0 Å². The number of carbonyl (C=O) groups is 1. The van der Waals surface area contributed by atoms with E-state index in [1.165, 1.54) is 6.42 Å². The molecule has 1 fully saturated rings. The number of nitrogens with zero attached hydrogens (tertiary/aromatic N) is 3. The van der Waals surface area contributed by atoms with Gasteiger partial charge in [0.05, 0.1) is 36.0 Å². The van der Waals surface area contributed by atoms with Gasteiger partial charge < -0.3 is 24.3 Å². The Kier molecular flexibility index (Phi) is 7.18. The van der Waals surface area contributed by atoms with Gasteiger partial charge in [-0.15, -0.1) is 12.4 Å². The van der Waals surface area contributed by atoms with Crippen LogP contribution in [0.15, 0.2) is 30.6 Å². The van der Waals surface area contributed by atoms with E-state index in [0.717, 1.165) is 36.8 Å². The maximum Gasteiger partial charge on any atom is 0.257 e. The number of ether oxygens (including phenoxy) is 2. The highest BCUT2D eigenvalue weighted by molar-refractivity contribution is 6.32. The van der Waals surface area contributed by atoms with Gasteiger partial charge in [0.2, 0.25) is 0 Å². The molecule has 0 saturated carbocycles. The molecule has 1 aliphatic heterocycles. The van der Waals surface area contributed by atoms with Crippen molar-refractivity contribution in [1.29, 1.82) is 0 Å². The standard InChI is InChI=1S/C22H25ClN4O3.ClH/c1-26-10-7-14-20(26)15(22(28)27-8-5-4-6-9-27)13-24-21(14)25-17-12-18(29-2)16(23)11-19(17)30-3;/h7,10-13H,4-6,8-9H2,1-3H3,(H,24,25);1H. The van der Waals surface area contributed by atoms with Crippen LogP contribution in [0.5, 0.6) is 11.5 Å². The Bertz CT molecular complexity index is 1090. The Morgan fingerprint density at radius 3 is 2.52 bits per heavy atom. The predicted molar refractivity (Wildman–Crippen MR) is 126 cm³/mol. The average molecular weight is 465 g/mol. The molecule has 4 rings (SSSR count). The lowest BCUT2D eigenvalue weighted by atomic mass is 10.1. The second-order valence-corrected chi connectivity index (χ2v) is 7.78. The predicted octanol–water partition coefficient (Wildman–Crippen LogP) is 5.04. The number of benzene rings is 1. The highest BCUT2D eigenvalue weighted by Crippen LogP contribution is 2.38. The zero-order valence-electron chi connectivity index (χ0n) is 17.8. The molecule has 0 spiro atoms.